The maximum atomic E-state index is 12.9. The number of ether oxygens (including phenoxy) is 2. The molecular weight excluding hydrogens is 513 g/mol. The second-order valence-electron chi connectivity index (χ2n) is 13.1. The van der Waals surface area contributed by atoms with E-state index in [2.05, 4.69) is 69.8 Å². The molecule has 0 aliphatic carbocycles. The summed E-state index contributed by atoms with van der Waals surface area (Å²) < 4.78 is 50.1. The number of nitrogens with zero attached hydrogens (tertiary/aromatic N) is 2. The Balaban J connectivity index is 0.000000408. The van der Waals surface area contributed by atoms with E-state index in [0.717, 1.165) is 49.9 Å². The lowest BCUT2D eigenvalue weighted by Gasteiger charge is -2.24. The summed E-state index contributed by atoms with van der Waals surface area (Å²) in [7, 11) is 8.16. The standard InChI is InChI=1S/C17H26F3NO.C16H27NO/c1-16(2,3)15-11-14(17(18,19)20)8-7-13(15)12-22-10-6-9-21(4)5;1-13-12-14(16(2,3)4)8-9-15(13)18-11-7-10-17(5)6/h7-8,11H,6,9-10,12H2,1-5H3;8-9,12H,7,10-11H2,1-6H3. The molecule has 40 heavy (non-hydrogen) atoms. The fraction of sp³-hybridized carbons (Fsp3) is 0.636. The van der Waals surface area contributed by atoms with Crippen molar-refractivity contribution in [2.75, 3.05) is 54.5 Å². The van der Waals surface area contributed by atoms with Gasteiger partial charge in [0.2, 0.25) is 0 Å². The van der Waals surface area contributed by atoms with Crippen LogP contribution in [0.15, 0.2) is 36.4 Å². The van der Waals surface area contributed by atoms with E-state index in [1.807, 2.05) is 34.9 Å². The molecule has 0 unspecified atom stereocenters. The van der Waals surface area contributed by atoms with Gasteiger partial charge in [-0.1, -0.05) is 59.7 Å². The molecule has 2 aromatic rings. The van der Waals surface area contributed by atoms with E-state index in [1.165, 1.54) is 23.3 Å². The van der Waals surface area contributed by atoms with Gasteiger partial charge in [-0.05, 0) is 106 Å². The Morgan fingerprint density at radius 2 is 1.25 bits per heavy atom. The smallest absolute Gasteiger partial charge is 0.416 e. The normalized spacial score (nSPS) is 12.5. The number of rotatable bonds is 11. The molecule has 0 bridgehead atoms. The van der Waals surface area contributed by atoms with Crippen molar-refractivity contribution in [1.29, 1.82) is 0 Å². The second-order valence-corrected chi connectivity index (χ2v) is 13.1. The van der Waals surface area contributed by atoms with E-state index >= 15 is 0 Å². The third-order valence-corrected chi connectivity index (χ3v) is 6.44. The number of alkyl halides is 3. The van der Waals surface area contributed by atoms with E-state index in [0.29, 0.717) is 18.8 Å². The average molecular weight is 567 g/mol. The third-order valence-electron chi connectivity index (χ3n) is 6.44. The summed E-state index contributed by atoms with van der Waals surface area (Å²) in [6.45, 7) is 18.3. The minimum Gasteiger partial charge on any atom is -0.493 e. The Kier molecular flexibility index (Phi) is 14.2. The summed E-state index contributed by atoms with van der Waals surface area (Å²) in [6.07, 6.45) is -2.35. The number of halogens is 3. The fourth-order valence-corrected chi connectivity index (χ4v) is 4.08. The summed E-state index contributed by atoms with van der Waals surface area (Å²) in [5, 5.41) is 0. The van der Waals surface area contributed by atoms with Crippen LogP contribution in [-0.4, -0.2) is 64.3 Å². The molecule has 228 valence electrons. The lowest BCUT2D eigenvalue weighted by molar-refractivity contribution is -0.137. The second kappa shape index (κ2) is 15.8. The fourth-order valence-electron chi connectivity index (χ4n) is 4.08. The van der Waals surface area contributed by atoms with Crippen LogP contribution in [0.25, 0.3) is 0 Å². The monoisotopic (exact) mass is 566 g/mol. The van der Waals surface area contributed by atoms with Crippen molar-refractivity contribution in [1.82, 2.24) is 9.80 Å². The molecule has 4 nitrogen and oxygen atoms in total. The van der Waals surface area contributed by atoms with Crippen LogP contribution in [0, 0.1) is 6.92 Å². The SMILES string of the molecule is CN(C)CCCOCc1ccc(C(F)(F)F)cc1C(C)(C)C.Cc1cc(C(C)(C)C)ccc1OCCCN(C)C. The lowest BCUT2D eigenvalue weighted by Crippen LogP contribution is -2.18. The maximum Gasteiger partial charge on any atom is 0.416 e. The van der Waals surface area contributed by atoms with Crippen molar-refractivity contribution in [2.24, 2.45) is 0 Å². The highest BCUT2D eigenvalue weighted by Gasteiger charge is 2.32. The molecule has 0 aliphatic heterocycles. The summed E-state index contributed by atoms with van der Waals surface area (Å²) in [4.78, 5) is 4.25. The maximum absolute atomic E-state index is 12.9. The first kappa shape index (κ1) is 35.9. The average Bonchev–Trinajstić information content (AvgIpc) is 2.80. The van der Waals surface area contributed by atoms with Crippen LogP contribution in [0.5, 0.6) is 5.75 Å². The van der Waals surface area contributed by atoms with Crippen LogP contribution in [0.1, 0.15) is 82.2 Å². The van der Waals surface area contributed by atoms with Crippen LogP contribution >= 0.6 is 0 Å². The van der Waals surface area contributed by atoms with Crippen molar-refractivity contribution in [2.45, 2.75) is 84.9 Å². The molecule has 0 aliphatic rings. The Labute approximate surface area is 241 Å². The van der Waals surface area contributed by atoms with Crippen LogP contribution in [-0.2, 0) is 28.4 Å². The molecule has 0 N–H and O–H groups in total. The number of aryl methyl sites for hydroxylation is 1. The minimum absolute atomic E-state index is 0.203. The minimum atomic E-state index is -4.31. The topological polar surface area (TPSA) is 24.9 Å². The molecule has 0 fully saturated rings. The van der Waals surface area contributed by atoms with E-state index in [-0.39, 0.29) is 10.8 Å². The highest BCUT2D eigenvalue weighted by atomic mass is 19.4. The van der Waals surface area contributed by atoms with Gasteiger partial charge in [0.25, 0.3) is 0 Å². The Morgan fingerprint density at radius 3 is 1.73 bits per heavy atom. The van der Waals surface area contributed by atoms with Crippen molar-refractivity contribution in [3.8, 4) is 5.75 Å². The molecule has 0 saturated heterocycles. The highest BCUT2D eigenvalue weighted by molar-refractivity contribution is 5.39. The van der Waals surface area contributed by atoms with Gasteiger partial charge >= 0.3 is 6.18 Å². The van der Waals surface area contributed by atoms with E-state index in [1.54, 1.807) is 0 Å². The van der Waals surface area contributed by atoms with Gasteiger partial charge in [-0.25, -0.2) is 0 Å². The predicted molar refractivity (Wildman–Crippen MR) is 162 cm³/mol. The molecule has 0 heterocycles. The first-order valence-corrected chi connectivity index (χ1v) is 14.1. The van der Waals surface area contributed by atoms with Gasteiger partial charge in [0.15, 0.2) is 0 Å². The van der Waals surface area contributed by atoms with Crippen LogP contribution in [0.3, 0.4) is 0 Å². The molecule has 0 atom stereocenters. The first-order chi connectivity index (χ1) is 18.3. The molecule has 0 spiro atoms. The zero-order chi connectivity index (χ0) is 30.7. The quantitative estimate of drug-likeness (QED) is 0.257. The number of hydrogen-bond donors (Lipinski definition) is 0. The summed E-state index contributed by atoms with van der Waals surface area (Å²) in [5.74, 6) is 1.02. The van der Waals surface area contributed by atoms with E-state index in [9.17, 15) is 13.2 Å². The summed E-state index contributed by atoms with van der Waals surface area (Å²) in [5.41, 5.74) is 3.35. The zero-order valence-corrected chi connectivity index (χ0v) is 26.8. The number of hydrogen-bond acceptors (Lipinski definition) is 4. The number of benzene rings is 2. The van der Waals surface area contributed by atoms with Gasteiger partial charge < -0.3 is 19.3 Å². The van der Waals surface area contributed by atoms with Crippen LogP contribution < -0.4 is 4.74 Å². The van der Waals surface area contributed by atoms with Crippen LogP contribution in [0.2, 0.25) is 0 Å². The van der Waals surface area contributed by atoms with Crippen molar-refractivity contribution < 1.29 is 22.6 Å². The lowest BCUT2D eigenvalue weighted by atomic mass is 9.83. The van der Waals surface area contributed by atoms with Gasteiger partial charge in [-0.15, -0.1) is 0 Å². The Hall–Kier alpha value is -2.09. The van der Waals surface area contributed by atoms with Crippen molar-refractivity contribution in [3.63, 3.8) is 0 Å². The van der Waals surface area contributed by atoms with Crippen LogP contribution in [0.4, 0.5) is 13.2 Å². The van der Waals surface area contributed by atoms with Gasteiger partial charge in [0, 0.05) is 13.2 Å². The van der Waals surface area contributed by atoms with Gasteiger partial charge in [0.1, 0.15) is 5.75 Å². The van der Waals surface area contributed by atoms with Crippen molar-refractivity contribution in [3.05, 3.63) is 64.2 Å². The Bertz CT molecular complexity index is 1020. The van der Waals surface area contributed by atoms with Gasteiger partial charge in [-0.3, -0.25) is 0 Å². The molecule has 0 amide bonds. The van der Waals surface area contributed by atoms with Crippen molar-refractivity contribution >= 4 is 0 Å². The van der Waals surface area contributed by atoms with E-state index in [4.69, 9.17) is 9.47 Å². The largest absolute Gasteiger partial charge is 0.493 e. The Morgan fingerprint density at radius 1 is 0.700 bits per heavy atom. The third kappa shape index (κ3) is 13.5. The van der Waals surface area contributed by atoms with E-state index < -0.39 is 11.7 Å². The molecule has 0 radical (unpaired) electrons. The molecule has 7 heteroatoms. The molecular formula is C33H53F3N2O2. The molecule has 0 saturated carbocycles. The van der Waals surface area contributed by atoms with Gasteiger partial charge in [0.05, 0.1) is 18.8 Å². The molecule has 0 aromatic heterocycles. The highest BCUT2D eigenvalue weighted by Crippen LogP contribution is 2.35. The molecule has 2 rings (SSSR count). The zero-order valence-electron chi connectivity index (χ0n) is 26.8. The summed E-state index contributed by atoms with van der Waals surface area (Å²) in [6, 6.07) is 10.4. The van der Waals surface area contributed by atoms with Gasteiger partial charge in [-0.2, -0.15) is 13.2 Å². The summed E-state index contributed by atoms with van der Waals surface area (Å²) >= 11 is 0. The predicted octanol–water partition coefficient (Wildman–Crippen LogP) is 8.09. The molecule has 2 aromatic carbocycles. The first-order valence-electron chi connectivity index (χ1n) is 14.1.